The molecule has 0 N–H and O–H groups in total. The third-order valence-corrected chi connectivity index (χ3v) is 5.79. The summed E-state index contributed by atoms with van der Waals surface area (Å²) in [5, 5.41) is 0. The van der Waals surface area contributed by atoms with Crippen LogP contribution in [0.15, 0.2) is 60.7 Å². The SMILES string of the molecule is COc1ccc(C2/C=C\CN(C(=O)CC(C)(C)C)[C@H](C)C(=O)N2Cc2ccc(F)cc2)cc1. The van der Waals surface area contributed by atoms with E-state index in [9.17, 15) is 14.0 Å². The van der Waals surface area contributed by atoms with E-state index in [1.54, 1.807) is 36.0 Å². The summed E-state index contributed by atoms with van der Waals surface area (Å²) in [6.07, 6.45) is 4.28. The summed E-state index contributed by atoms with van der Waals surface area (Å²) >= 11 is 0. The van der Waals surface area contributed by atoms with Crippen LogP contribution in [0, 0.1) is 11.2 Å². The molecule has 3 rings (SSSR count). The van der Waals surface area contributed by atoms with E-state index in [2.05, 4.69) is 0 Å². The van der Waals surface area contributed by atoms with E-state index < -0.39 is 6.04 Å². The molecule has 0 saturated carbocycles. The van der Waals surface area contributed by atoms with Gasteiger partial charge in [-0.2, -0.15) is 0 Å². The molecule has 2 amide bonds. The van der Waals surface area contributed by atoms with Crippen molar-refractivity contribution in [3.63, 3.8) is 0 Å². The summed E-state index contributed by atoms with van der Waals surface area (Å²) in [6.45, 7) is 8.49. The van der Waals surface area contributed by atoms with Crippen molar-refractivity contribution in [3.8, 4) is 5.75 Å². The first-order valence-electron chi connectivity index (χ1n) is 11.2. The Balaban J connectivity index is 1.98. The van der Waals surface area contributed by atoms with Gasteiger partial charge >= 0.3 is 0 Å². The Morgan fingerprint density at radius 1 is 1.09 bits per heavy atom. The second-order valence-corrected chi connectivity index (χ2v) is 9.70. The Bertz CT molecular complexity index is 994. The van der Waals surface area contributed by atoms with Gasteiger partial charge in [-0.25, -0.2) is 4.39 Å². The summed E-state index contributed by atoms with van der Waals surface area (Å²) in [5.41, 5.74) is 1.58. The average molecular weight is 453 g/mol. The average Bonchev–Trinajstić information content (AvgIpc) is 2.76. The fraction of sp³-hybridized carbons (Fsp3) is 0.407. The lowest BCUT2D eigenvalue weighted by molar-refractivity contribution is -0.147. The van der Waals surface area contributed by atoms with Gasteiger partial charge in [0.05, 0.1) is 13.2 Å². The van der Waals surface area contributed by atoms with Crippen molar-refractivity contribution in [1.82, 2.24) is 9.80 Å². The van der Waals surface area contributed by atoms with E-state index in [-0.39, 0.29) is 29.1 Å². The molecule has 0 spiro atoms. The van der Waals surface area contributed by atoms with Crippen LogP contribution in [-0.2, 0) is 16.1 Å². The zero-order valence-electron chi connectivity index (χ0n) is 20.0. The normalized spacial score (nSPS) is 20.2. The zero-order chi connectivity index (χ0) is 24.2. The minimum atomic E-state index is -0.619. The predicted molar refractivity (Wildman–Crippen MR) is 127 cm³/mol. The Morgan fingerprint density at radius 2 is 1.73 bits per heavy atom. The summed E-state index contributed by atoms with van der Waals surface area (Å²) in [5.74, 6) is 0.221. The number of ether oxygens (including phenoxy) is 1. The maximum atomic E-state index is 13.8. The molecule has 176 valence electrons. The molecule has 2 atom stereocenters. The van der Waals surface area contributed by atoms with Gasteiger partial charge < -0.3 is 14.5 Å². The van der Waals surface area contributed by atoms with Gasteiger partial charge in [0.25, 0.3) is 0 Å². The van der Waals surface area contributed by atoms with E-state index in [1.807, 2.05) is 57.2 Å². The van der Waals surface area contributed by atoms with Gasteiger partial charge in [0.1, 0.15) is 17.6 Å². The van der Waals surface area contributed by atoms with Gasteiger partial charge in [0, 0.05) is 19.5 Å². The number of carbonyl (C=O) groups is 2. The predicted octanol–water partition coefficient (Wildman–Crippen LogP) is 5.13. The van der Waals surface area contributed by atoms with Crippen molar-refractivity contribution in [2.75, 3.05) is 13.7 Å². The van der Waals surface area contributed by atoms with Crippen LogP contribution in [0.3, 0.4) is 0 Å². The van der Waals surface area contributed by atoms with Crippen molar-refractivity contribution in [1.29, 1.82) is 0 Å². The lowest BCUT2D eigenvalue weighted by Gasteiger charge is -2.39. The van der Waals surface area contributed by atoms with E-state index >= 15 is 0 Å². The van der Waals surface area contributed by atoms with E-state index in [1.165, 1.54) is 12.1 Å². The molecule has 0 radical (unpaired) electrons. The van der Waals surface area contributed by atoms with E-state index in [4.69, 9.17) is 4.74 Å². The van der Waals surface area contributed by atoms with Gasteiger partial charge in [-0.15, -0.1) is 0 Å². The largest absolute Gasteiger partial charge is 0.497 e. The molecule has 1 aliphatic heterocycles. The Labute approximate surface area is 195 Å². The third-order valence-electron chi connectivity index (χ3n) is 5.79. The zero-order valence-corrected chi connectivity index (χ0v) is 20.0. The first kappa shape index (κ1) is 24.5. The smallest absolute Gasteiger partial charge is 0.246 e. The van der Waals surface area contributed by atoms with Crippen molar-refractivity contribution in [2.45, 2.75) is 52.7 Å². The van der Waals surface area contributed by atoms with Gasteiger partial charge in [-0.05, 0) is 47.7 Å². The first-order valence-corrected chi connectivity index (χ1v) is 11.2. The molecular formula is C27H33FN2O3. The first-order chi connectivity index (χ1) is 15.6. The molecule has 0 aliphatic carbocycles. The number of halogens is 1. The van der Waals surface area contributed by atoms with Crippen LogP contribution in [0.4, 0.5) is 4.39 Å². The fourth-order valence-electron chi connectivity index (χ4n) is 4.00. The lowest BCUT2D eigenvalue weighted by atomic mass is 9.91. The topological polar surface area (TPSA) is 49.9 Å². The lowest BCUT2D eigenvalue weighted by Crippen LogP contribution is -2.51. The Morgan fingerprint density at radius 3 is 2.30 bits per heavy atom. The number of hydrogen-bond acceptors (Lipinski definition) is 3. The van der Waals surface area contributed by atoms with Gasteiger partial charge in [-0.1, -0.05) is 57.2 Å². The molecule has 2 aromatic rings. The van der Waals surface area contributed by atoms with Crippen LogP contribution in [0.5, 0.6) is 5.75 Å². The molecule has 1 aliphatic rings. The molecule has 6 heteroatoms. The fourth-order valence-corrected chi connectivity index (χ4v) is 4.00. The number of benzene rings is 2. The van der Waals surface area contributed by atoms with Gasteiger partial charge in [0.15, 0.2) is 0 Å². The summed E-state index contributed by atoms with van der Waals surface area (Å²) in [4.78, 5) is 30.2. The number of nitrogens with zero attached hydrogens (tertiary/aromatic N) is 2. The molecule has 2 aromatic carbocycles. The van der Waals surface area contributed by atoms with E-state index in [0.717, 1.165) is 16.9 Å². The Hall–Kier alpha value is -3.15. The Kier molecular flexibility index (Phi) is 7.57. The van der Waals surface area contributed by atoms with Crippen LogP contribution in [0.25, 0.3) is 0 Å². The highest BCUT2D eigenvalue weighted by Crippen LogP contribution is 2.30. The minimum Gasteiger partial charge on any atom is -0.497 e. The third kappa shape index (κ3) is 6.21. The minimum absolute atomic E-state index is 0.0439. The van der Waals surface area contributed by atoms with Crippen LogP contribution in [-0.4, -0.2) is 41.3 Å². The van der Waals surface area contributed by atoms with Crippen LogP contribution >= 0.6 is 0 Å². The van der Waals surface area contributed by atoms with Crippen molar-refractivity contribution >= 4 is 11.8 Å². The molecule has 0 bridgehead atoms. The number of hydrogen-bond donors (Lipinski definition) is 0. The molecular weight excluding hydrogens is 419 g/mol. The molecule has 5 nitrogen and oxygen atoms in total. The number of methoxy groups -OCH3 is 1. The number of carbonyl (C=O) groups excluding carboxylic acids is 2. The quantitative estimate of drug-likeness (QED) is 0.591. The van der Waals surface area contributed by atoms with Crippen molar-refractivity contribution in [2.24, 2.45) is 5.41 Å². The maximum absolute atomic E-state index is 13.8. The van der Waals surface area contributed by atoms with Crippen LogP contribution < -0.4 is 4.74 Å². The highest BCUT2D eigenvalue weighted by Gasteiger charge is 2.35. The van der Waals surface area contributed by atoms with Gasteiger partial charge in [0.2, 0.25) is 11.8 Å². The highest BCUT2D eigenvalue weighted by molar-refractivity contribution is 5.88. The molecule has 0 fully saturated rings. The monoisotopic (exact) mass is 452 g/mol. The van der Waals surface area contributed by atoms with Crippen molar-refractivity contribution < 1.29 is 18.7 Å². The summed E-state index contributed by atoms with van der Waals surface area (Å²) < 4.78 is 18.7. The molecule has 33 heavy (non-hydrogen) atoms. The summed E-state index contributed by atoms with van der Waals surface area (Å²) in [6, 6.07) is 12.8. The molecule has 0 saturated heterocycles. The molecule has 1 unspecified atom stereocenters. The maximum Gasteiger partial charge on any atom is 0.246 e. The highest BCUT2D eigenvalue weighted by atomic mass is 19.1. The number of rotatable bonds is 5. The van der Waals surface area contributed by atoms with Crippen molar-refractivity contribution in [3.05, 3.63) is 77.6 Å². The summed E-state index contributed by atoms with van der Waals surface area (Å²) in [7, 11) is 1.61. The van der Waals surface area contributed by atoms with Gasteiger partial charge in [-0.3, -0.25) is 9.59 Å². The van der Waals surface area contributed by atoms with E-state index in [0.29, 0.717) is 19.5 Å². The number of amides is 2. The standard InChI is InChI=1S/C27H33FN2O3/c1-19-26(32)30(18-20-8-12-22(28)13-9-20)24(21-10-14-23(33-5)15-11-21)7-6-16-29(19)25(31)17-27(2,3)4/h6-15,19,24H,16-18H2,1-5H3/b7-6-/t19-,24?/m1/s1. The van der Waals surface area contributed by atoms with Crippen LogP contribution in [0.1, 0.15) is 51.3 Å². The van der Waals surface area contributed by atoms with Crippen LogP contribution in [0.2, 0.25) is 0 Å². The second-order valence-electron chi connectivity index (χ2n) is 9.70. The molecule has 0 aromatic heterocycles. The molecule has 1 heterocycles. The second kappa shape index (κ2) is 10.2.